The van der Waals surface area contributed by atoms with Crippen LogP contribution in [0, 0.1) is 13.8 Å². The first-order valence-corrected chi connectivity index (χ1v) is 14.0. The van der Waals surface area contributed by atoms with E-state index in [9.17, 15) is 25.2 Å². The molecule has 1 aromatic heterocycles. The van der Waals surface area contributed by atoms with Crippen LogP contribution in [0.15, 0.2) is 24.3 Å². The molecule has 4 atom stereocenters. The average Bonchev–Trinajstić information content (AvgIpc) is 3.21. The number of nitrogens with zero attached hydrogens (tertiary/aromatic N) is 3. The van der Waals surface area contributed by atoms with Gasteiger partial charge < -0.3 is 34.8 Å². The van der Waals surface area contributed by atoms with Gasteiger partial charge in [-0.05, 0) is 70.1 Å². The predicted molar refractivity (Wildman–Crippen MR) is 147 cm³/mol. The van der Waals surface area contributed by atoms with Crippen molar-refractivity contribution in [3.63, 3.8) is 0 Å². The summed E-state index contributed by atoms with van der Waals surface area (Å²) in [6.07, 6.45) is -1.90. The van der Waals surface area contributed by atoms with Crippen molar-refractivity contribution in [3.8, 4) is 5.75 Å². The SMILES string of the molecule is CCn1nc(C)c(CCC(=O)N2CCCOc3ccccc3CCCCO[C@H]([C@H](O)CO)[C@H](O)[C@H](O)C2)c1C. The topological polar surface area (TPSA) is 138 Å². The smallest absolute Gasteiger partial charge is 0.222 e. The van der Waals surface area contributed by atoms with Gasteiger partial charge in [-0.15, -0.1) is 0 Å². The molecule has 0 bridgehead atoms. The Bertz CT molecular complexity index is 1040. The van der Waals surface area contributed by atoms with Crippen molar-refractivity contribution < 1.29 is 34.7 Å². The molecule has 1 amide bonds. The summed E-state index contributed by atoms with van der Waals surface area (Å²) in [7, 11) is 0. The highest BCUT2D eigenvalue weighted by atomic mass is 16.5. The minimum Gasteiger partial charge on any atom is -0.493 e. The summed E-state index contributed by atoms with van der Waals surface area (Å²) in [4.78, 5) is 14.9. The van der Waals surface area contributed by atoms with E-state index in [1.54, 1.807) is 0 Å². The highest BCUT2D eigenvalue weighted by Gasteiger charge is 2.34. The summed E-state index contributed by atoms with van der Waals surface area (Å²) < 4.78 is 13.7. The Morgan fingerprint density at radius 1 is 1.15 bits per heavy atom. The first-order valence-electron chi connectivity index (χ1n) is 14.0. The van der Waals surface area contributed by atoms with Crippen LogP contribution in [-0.2, 0) is 28.9 Å². The van der Waals surface area contributed by atoms with Crippen LogP contribution < -0.4 is 4.74 Å². The van der Waals surface area contributed by atoms with Gasteiger partial charge in [0.1, 0.15) is 30.2 Å². The predicted octanol–water partition coefficient (Wildman–Crippen LogP) is 1.55. The van der Waals surface area contributed by atoms with Crippen LogP contribution in [0.5, 0.6) is 5.75 Å². The zero-order valence-corrected chi connectivity index (χ0v) is 23.5. The van der Waals surface area contributed by atoms with E-state index >= 15 is 0 Å². The number of hydrogen-bond acceptors (Lipinski definition) is 8. The second kappa shape index (κ2) is 15.3. The number of carbonyl (C=O) groups is 1. The van der Waals surface area contributed by atoms with Crippen molar-refractivity contribution in [1.29, 1.82) is 0 Å². The molecule has 39 heavy (non-hydrogen) atoms. The number of aromatic nitrogens is 2. The minimum absolute atomic E-state index is 0.138. The number of para-hydroxylation sites is 1. The summed E-state index contributed by atoms with van der Waals surface area (Å²) in [6.45, 7) is 6.92. The lowest BCUT2D eigenvalue weighted by Crippen LogP contribution is -2.52. The van der Waals surface area contributed by atoms with E-state index in [-0.39, 0.29) is 25.5 Å². The number of aliphatic hydroxyl groups excluding tert-OH is 4. The Kier molecular flexibility index (Phi) is 12.2. The lowest BCUT2D eigenvalue weighted by molar-refractivity contribution is -0.151. The highest BCUT2D eigenvalue weighted by molar-refractivity contribution is 5.76. The van der Waals surface area contributed by atoms with Gasteiger partial charge in [0.05, 0.1) is 18.9 Å². The van der Waals surface area contributed by atoms with E-state index < -0.39 is 31.0 Å². The molecule has 2 heterocycles. The number of β-amino-alcohol motifs (C(OH)–C–C–N with tert-alkyl or cyclic N) is 1. The zero-order valence-electron chi connectivity index (χ0n) is 23.5. The molecule has 10 heteroatoms. The Morgan fingerprint density at radius 3 is 2.64 bits per heavy atom. The van der Waals surface area contributed by atoms with Gasteiger partial charge >= 0.3 is 0 Å². The third-order valence-corrected chi connectivity index (χ3v) is 7.43. The number of amides is 1. The highest BCUT2D eigenvalue weighted by Crippen LogP contribution is 2.22. The van der Waals surface area contributed by atoms with Crippen LogP contribution in [-0.4, -0.2) is 98.3 Å². The molecule has 1 aliphatic heterocycles. The fraction of sp³-hybridized carbons (Fsp3) is 0.655. The molecular formula is C29H45N3O7. The van der Waals surface area contributed by atoms with Crippen molar-refractivity contribution in [3.05, 3.63) is 46.8 Å². The average molecular weight is 548 g/mol. The molecule has 0 saturated carbocycles. The van der Waals surface area contributed by atoms with Crippen LogP contribution in [0.1, 0.15) is 55.1 Å². The van der Waals surface area contributed by atoms with E-state index in [0.717, 1.165) is 47.7 Å². The maximum absolute atomic E-state index is 13.4. The fourth-order valence-corrected chi connectivity index (χ4v) is 5.13. The van der Waals surface area contributed by atoms with Crippen LogP contribution in [0.4, 0.5) is 0 Å². The second-order valence-electron chi connectivity index (χ2n) is 10.2. The van der Waals surface area contributed by atoms with Crippen LogP contribution in [0.3, 0.4) is 0 Å². The Balaban J connectivity index is 1.77. The molecule has 3 rings (SSSR count). The quantitative estimate of drug-likeness (QED) is 0.428. The van der Waals surface area contributed by atoms with Gasteiger partial charge in [0.15, 0.2) is 0 Å². The molecule has 4 N–H and O–H groups in total. The number of fused-ring (bicyclic) bond motifs is 1. The van der Waals surface area contributed by atoms with Gasteiger partial charge in [-0.1, -0.05) is 18.2 Å². The third kappa shape index (κ3) is 8.49. The second-order valence-corrected chi connectivity index (χ2v) is 10.2. The van der Waals surface area contributed by atoms with Gasteiger partial charge in [0, 0.05) is 38.4 Å². The van der Waals surface area contributed by atoms with Crippen molar-refractivity contribution >= 4 is 5.91 Å². The van der Waals surface area contributed by atoms with Crippen LogP contribution in [0.25, 0.3) is 0 Å². The molecule has 0 spiro atoms. The maximum Gasteiger partial charge on any atom is 0.222 e. The van der Waals surface area contributed by atoms with E-state index in [2.05, 4.69) is 5.10 Å². The molecule has 1 aromatic carbocycles. The summed E-state index contributed by atoms with van der Waals surface area (Å²) in [5.41, 5.74) is 4.06. The molecule has 1 aliphatic rings. The molecule has 10 nitrogen and oxygen atoms in total. The number of ether oxygens (including phenoxy) is 2. The summed E-state index contributed by atoms with van der Waals surface area (Å²) in [5.74, 6) is 0.650. The first kappa shape index (κ1) is 31.0. The number of hydrogen-bond donors (Lipinski definition) is 4. The third-order valence-electron chi connectivity index (χ3n) is 7.43. The normalized spacial score (nSPS) is 22.6. The first-order chi connectivity index (χ1) is 18.8. The van der Waals surface area contributed by atoms with Crippen molar-refractivity contribution in [2.45, 2.75) is 90.3 Å². The number of carbonyl (C=O) groups excluding carboxylic acids is 1. The lowest BCUT2D eigenvalue weighted by atomic mass is 10.0. The standard InChI is InChI=1S/C29H45N3O7/c1-4-32-21(3)23(20(2)30-32)13-14-27(36)31-15-9-17-38-26-12-6-5-10-22(26)11-7-8-16-39-29(25(35)19-33)28(37)24(34)18-31/h5-6,10,12,24-25,28-29,33-35,37H,4,7-9,11,13-19H2,1-3H3/t24-,25-,28-,29-/m1/s1. The number of rotatable bonds is 6. The Morgan fingerprint density at radius 2 is 1.92 bits per heavy atom. The maximum atomic E-state index is 13.4. The lowest BCUT2D eigenvalue weighted by Gasteiger charge is -2.33. The molecule has 218 valence electrons. The molecule has 0 fully saturated rings. The van der Waals surface area contributed by atoms with E-state index in [1.165, 1.54) is 4.90 Å². The van der Waals surface area contributed by atoms with Gasteiger partial charge in [-0.3, -0.25) is 9.48 Å². The van der Waals surface area contributed by atoms with Gasteiger partial charge in [-0.25, -0.2) is 0 Å². The minimum atomic E-state index is -1.49. The molecule has 0 radical (unpaired) electrons. The Labute approximate surface area is 231 Å². The molecule has 0 aliphatic carbocycles. The van der Waals surface area contributed by atoms with Crippen LogP contribution in [0.2, 0.25) is 0 Å². The number of aryl methyl sites for hydroxylation is 3. The van der Waals surface area contributed by atoms with Gasteiger partial charge in [-0.2, -0.15) is 5.10 Å². The number of aliphatic hydroxyl groups is 4. The van der Waals surface area contributed by atoms with E-state index in [1.807, 2.05) is 49.7 Å². The summed E-state index contributed by atoms with van der Waals surface area (Å²) in [6, 6.07) is 7.86. The molecule has 0 saturated heterocycles. The largest absolute Gasteiger partial charge is 0.493 e. The molecule has 0 unspecified atom stereocenters. The van der Waals surface area contributed by atoms with Crippen molar-refractivity contribution in [2.75, 3.05) is 32.9 Å². The van der Waals surface area contributed by atoms with Gasteiger partial charge in [0.25, 0.3) is 0 Å². The summed E-state index contributed by atoms with van der Waals surface area (Å²) in [5, 5.41) is 46.1. The van der Waals surface area contributed by atoms with Crippen LogP contribution >= 0.6 is 0 Å². The number of benzene rings is 1. The zero-order chi connectivity index (χ0) is 28.4. The monoisotopic (exact) mass is 547 g/mol. The fourth-order valence-electron chi connectivity index (χ4n) is 5.13. The summed E-state index contributed by atoms with van der Waals surface area (Å²) >= 11 is 0. The van der Waals surface area contributed by atoms with E-state index in [0.29, 0.717) is 32.4 Å². The van der Waals surface area contributed by atoms with Gasteiger partial charge in [0.2, 0.25) is 5.91 Å². The molecule has 2 aromatic rings. The van der Waals surface area contributed by atoms with Crippen molar-refractivity contribution in [2.24, 2.45) is 0 Å². The Hall–Kier alpha value is -2.50. The van der Waals surface area contributed by atoms with E-state index in [4.69, 9.17) is 9.47 Å². The van der Waals surface area contributed by atoms with Crippen molar-refractivity contribution in [1.82, 2.24) is 14.7 Å². The molecular weight excluding hydrogens is 502 g/mol.